The van der Waals surface area contributed by atoms with Crippen molar-refractivity contribution >= 4 is 34.3 Å². The minimum Gasteiger partial charge on any atom is -0.496 e. The van der Waals surface area contributed by atoms with E-state index in [9.17, 15) is 9.59 Å². The molecule has 0 saturated heterocycles. The molecule has 10 heteroatoms. The number of nitrogens with zero attached hydrogens (tertiary/aromatic N) is 1. The molecule has 29 heavy (non-hydrogen) atoms. The molecular formula is C19H20ClN5O4. The lowest BCUT2D eigenvalue weighted by Crippen LogP contribution is -2.29. The number of halogens is 1. The lowest BCUT2D eigenvalue weighted by atomic mass is 10.1. The van der Waals surface area contributed by atoms with Crippen LogP contribution in [0.1, 0.15) is 27.1 Å². The lowest BCUT2D eigenvalue weighted by molar-refractivity contribution is 0.0753. The van der Waals surface area contributed by atoms with Gasteiger partial charge in [-0.15, -0.1) is 5.10 Å². The van der Waals surface area contributed by atoms with Crippen molar-refractivity contribution in [2.45, 2.75) is 6.42 Å². The summed E-state index contributed by atoms with van der Waals surface area (Å²) in [6.07, 6.45) is 0.643. The molecule has 0 aliphatic rings. The van der Waals surface area contributed by atoms with Crippen LogP contribution >= 0.6 is 11.6 Å². The zero-order chi connectivity index (χ0) is 20.8. The Morgan fingerprint density at radius 1 is 1.21 bits per heavy atom. The number of carbonyl (C=O) groups is 2. The summed E-state index contributed by atoms with van der Waals surface area (Å²) in [5.41, 5.74) is 8.90. The monoisotopic (exact) mass is 417 g/mol. The Labute approximate surface area is 171 Å². The minimum absolute atomic E-state index is 0.170. The van der Waals surface area contributed by atoms with Gasteiger partial charge in [0.2, 0.25) is 0 Å². The molecule has 5 N–H and O–H groups in total. The summed E-state index contributed by atoms with van der Waals surface area (Å²) in [5, 5.41) is 10.6. The Balaban J connectivity index is 1.73. The third-order valence-corrected chi connectivity index (χ3v) is 4.34. The van der Waals surface area contributed by atoms with Gasteiger partial charge in [-0.2, -0.15) is 5.48 Å². The van der Waals surface area contributed by atoms with E-state index in [4.69, 9.17) is 26.9 Å². The summed E-state index contributed by atoms with van der Waals surface area (Å²) in [6.45, 7) is 0.886. The van der Waals surface area contributed by atoms with Crippen molar-refractivity contribution in [2.75, 3.05) is 20.2 Å². The zero-order valence-corrected chi connectivity index (χ0v) is 16.4. The number of ether oxygens (including phenoxy) is 1. The number of nitrogens with two attached hydrogens (primary N) is 1. The maximum Gasteiger partial charge on any atom is 0.283 e. The summed E-state index contributed by atoms with van der Waals surface area (Å²) < 4.78 is 5.21. The van der Waals surface area contributed by atoms with Gasteiger partial charge in [0.15, 0.2) is 0 Å². The molecule has 0 atom stereocenters. The molecule has 1 aromatic heterocycles. The van der Waals surface area contributed by atoms with Crippen LogP contribution in [-0.4, -0.2) is 42.2 Å². The number of methoxy groups -OCH3 is 1. The van der Waals surface area contributed by atoms with Crippen LogP contribution in [0.3, 0.4) is 0 Å². The van der Waals surface area contributed by atoms with Crippen molar-refractivity contribution in [2.24, 2.45) is 5.73 Å². The number of carbonyl (C=O) groups excluding carboxylic acids is 2. The lowest BCUT2D eigenvalue weighted by Gasteiger charge is -2.11. The first-order valence-corrected chi connectivity index (χ1v) is 9.18. The minimum atomic E-state index is -0.554. The summed E-state index contributed by atoms with van der Waals surface area (Å²) in [7, 11) is 1.45. The number of aromatic nitrogens is 2. The second kappa shape index (κ2) is 9.26. The van der Waals surface area contributed by atoms with Crippen LogP contribution in [0, 0.1) is 0 Å². The van der Waals surface area contributed by atoms with Gasteiger partial charge in [-0.1, -0.05) is 11.6 Å². The molecule has 0 unspecified atom stereocenters. The smallest absolute Gasteiger partial charge is 0.283 e. The highest BCUT2D eigenvalue weighted by Gasteiger charge is 2.17. The average molecular weight is 418 g/mol. The van der Waals surface area contributed by atoms with E-state index < -0.39 is 5.91 Å². The number of H-pyrrole nitrogens is 1. The molecule has 0 aliphatic heterocycles. The van der Waals surface area contributed by atoms with Gasteiger partial charge in [-0.25, -0.2) is 0 Å². The molecule has 1 heterocycles. The number of amides is 2. The molecule has 0 radical (unpaired) electrons. The topological polar surface area (TPSA) is 131 Å². The van der Waals surface area contributed by atoms with Gasteiger partial charge in [-0.3, -0.25) is 14.7 Å². The largest absolute Gasteiger partial charge is 0.496 e. The van der Waals surface area contributed by atoms with Crippen molar-refractivity contribution in [1.29, 1.82) is 0 Å². The summed E-state index contributed by atoms with van der Waals surface area (Å²) in [4.78, 5) is 30.2. The highest BCUT2D eigenvalue weighted by molar-refractivity contribution is 6.31. The van der Waals surface area contributed by atoms with Crippen LogP contribution in [0.25, 0.3) is 10.9 Å². The van der Waals surface area contributed by atoms with Crippen molar-refractivity contribution in [3.05, 3.63) is 52.5 Å². The third-order valence-electron chi connectivity index (χ3n) is 4.10. The maximum absolute atomic E-state index is 12.5. The number of hydroxylamine groups is 1. The summed E-state index contributed by atoms with van der Waals surface area (Å²) in [6, 6.07) is 9.61. The van der Waals surface area contributed by atoms with Crippen LogP contribution in [-0.2, 0) is 0 Å². The standard InChI is InChI=1S/C19H20ClN5O4/c1-28-16-6-3-11(9-14(16)18(27)22-8-2-7-21)17(26)25-29-19-13-10-12(20)4-5-15(13)23-24-19/h3-6,9-10H,2,7-8,21H2,1H3,(H,22,27)(H,23,24)(H,25,26). The predicted molar refractivity (Wildman–Crippen MR) is 108 cm³/mol. The van der Waals surface area contributed by atoms with Crippen LogP contribution < -0.4 is 26.1 Å². The Bertz CT molecular complexity index is 1040. The molecule has 2 amide bonds. The van der Waals surface area contributed by atoms with Crippen molar-refractivity contribution in [3.63, 3.8) is 0 Å². The highest BCUT2D eigenvalue weighted by Crippen LogP contribution is 2.25. The van der Waals surface area contributed by atoms with Crippen molar-refractivity contribution in [3.8, 4) is 11.6 Å². The molecule has 0 aliphatic carbocycles. The normalized spacial score (nSPS) is 10.6. The average Bonchev–Trinajstić information content (AvgIpc) is 3.13. The molecule has 2 aromatic carbocycles. The fraction of sp³-hybridized carbons (Fsp3) is 0.211. The Hall–Kier alpha value is -3.30. The summed E-state index contributed by atoms with van der Waals surface area (Å²) in [5.74, 6) is -0.398. The van der Waals surface area contributed by atoms with Gasteiger partial charge in [0.25, 0.3) is 17.7 Å². The first-order chi connectivity index (χ1) is 14.0. The molecule has 0 bridgehead atoms. The Kier molecular flexibility index (Phi) is 6.53. The Morgan fingerprint density at radius 2 is 2.03 bits per heavy atom. The number of hydrogen-bond acceptors (Lipinski definition) is 6. The van der Waals surface area contributed by atoms with Crippen LogP contribution in [0.15, 0.2) is 36.4 Å². The van der Waals surface area contributed by atoms with Crippen LogP contribution in [0.5, 0.6) is 11.6 Å². The third kappa shape index (κ3) is 4.76. The van der Waals surface area contributed by atoms with Gasteiger partial charge in [0.1, 0.15) is 5.75 Å². The van der Waals surface area contributed by atoms with Gasteiger partial charge in [-0.05, 0) is 49.4 Å². The molecule has 0 saturated carbocycles. The van der Waals surface area contributed by atoms with Gasteiger partial charge >= 0.3 is 0 Å². The molecule has 152 valence electrons. The van der Waals surface area contributed by atoms with Crippen molar-refractivity contribution < 1.29 is 19.2 Å². The zero-order valence-electron chi connectivity index (χ0n) is 15.6. The second-order valence-corrected chi connectivity index (χ2v) is 6.50. The number of fused-ring (bicyclic) bond motifs is 1. The fourth-order valence-electron chi connectivity index (χ4n) is 2.62. The molecular weight excluding hydrogens is 398 g/mol. The van der Waals surface area contributed by atoms with E-state index in [1.54, 1.807) is 18.2 Å². The number of benzene rings is 2. The van der Waals surface area contributed by atoms with Gasteiger partial charge in [0.05, 0.1) is 23.6 Å². The van der Waals surface area contributed by atoms with E-state index in [1.165, 1.54) is 25.3 Å². The number of hydrogen-bond donors (Lipinski definition) is 4. The maximum atomic E-state index is 12.5. The summed E-state index contributed by atoms with van der Waals surface area (Å²) >= 11 is 5.99. The highest BCUT2D eigenvalue weighted by atomic mass is 35.5. The van der Waals surface area contributed by atoms with E-state index in [1.807, 2.05) is 0 Å². The molecule has 9 nitrogen and oxygen atoms in total. The van der Waals surface area contributed by atoms with Crippen LogP contribution in [0.4, 0.5) is 0 Å². The molecule has 3 aromatic rings. The SMILES string of the molecule is COc1ccc(C(=O)NOc2n[nH]c3ccc(Cl)cc23)cc1C(=O)NCCCN. The van der Waals surface area contributed by atoms with E-state index in [2.05, 4.69) is 21.0 Å². The first kappa shape index (κ1) is 20.4. The fourth-order valence-corrected chi connectivity index (χ4v) is 2.79. The van der Waals surface area contributed by atoms with E-state index in [0.717, 1.165) is 0 Å². The van der Waals surface area contributed by atoms with Crippen LogP contribution in [0.2, 0.25) is 5.02 Å². The number of nitrogens with one attached hydrogen (secondary N) is 3. The van der Waals surface area contributed by atoms with Gasteiger partial charge in [0, 0.05) is 17.1 Å². The predicted octanol–water partition coefficient (Wildman–Crippen LogP) is 2.03. The molecule has 0 fully saturated rings. The van der Waals surface area contributed by atoms with E-state index in [0.29, 0.717) is 41.2 Å². The molecule has 3 rings (SSSR count). The Morgan fingerprint density at radius 3 is 2.79 bits per heavy atom. The second-order valence-electron chi connectivity index (χ2n) is 6.07. The van der Waals surface area contributed by atoms with Crippen molar-refractivity contribution in [1.82, 2.24) is 21.0 Å². The van der Waals surface area contributed by atoms with E-state index in [-0.39, 0.29) is 22.9 Å². The number of aromatic amines is 1. The molecule has 0 spiro atoms. The van der Waals surface area contributed by atoms with Gasteiger partial charge < -0.3 is 20.6 Å². The quantitative estimate of drug-likeness (QED) is 0.327. The number of rotatable bonds is 8. The van der Waals surface area contributed by atoms with E-state index >= 15 is 0 Å². The first-order valence-electron chi connectivity index (χ1n) is 8.80.